The minimum Gasteiger partial charge on any atom is -0.324 e. The molecule has 1 atom stereocenters. The van der Waals surface area contributed by atoms with E-state index in [-0.39, 0.29) is 6.03 Å². The first kappa shape index (κ1) is 16.1. The number of amides is 2. The maximum Gasteiger partial charge on any atom is 0.324 e. The maximum atomic E-state index is 12.6. The number of imidazole rings is 1. The second-order valence-electron chi connectivity index (χ2n) is 6.99. The third-order valence-corrected chi connectivity index (χ3v) is 5.18. The van der Waals surface area contributed by atoms with Crippen molar-refractivity contribution in [2.45, 2.75) is 19.3 Å². The van der Waals surface area contributed by atoms with Crippen LogP contribution in [0.4, 0.5) is 10.7 Å². The van der Waals surface area contributed by atoms with E-state index in [2.05, 4.69) is 15.2 Å². The zero-order valence-corrected chi connectivity index (χ0v) is 14.5. The number of anilines is 1. The first-order valence-electron chi connectivity index (χ1n) is 9.16. The average molecular weight is 339 g/mol. The molecule has 1 aromatic carbocycles. The SMILES string of the molecule is O=C(Nc1nccn1-c1ccccc1)N1CC[C@H](CN2CCCC2)C1. The van der Waals surface area contributed by atoms with E-state index in [4.69, 9.17) is 0 Å². The van der Waals surface area contributed by atoms with Crippen molar-refractivity contribution >= 4 is 12.0 Å². The molecule has 3 heterocycles. The van der Waals surface area contributed by atoms with Gasteiger partial charge < -0.3 is 9.80 Å². The van der Waals surface area contributed by atoms with Gasteiger partial charge in [0.15, 0.2) is 0 Å². The number of aromatic nitrogens is 2. The van der Waals surface area contributed by atoms with E-state index >= 15 is 0 Å². The molecule has 0 saturated carbocycles. The van der Waals surface area contributed by atoms with Crippen LogP contribution in [0.2, 0.25) is 0 Å². The lowest BCUT2D eigenvalue weighted by Gasteiger charge is -2.21. The van der Waals surface area contributed by atoms with Crippen molar-refractivity contribution in [1.82, 2.24) is 19.4 Å². The van der Waals surface area contributed by atoms with Gasteiger partial charge in [-0.2, -0.15) is 0 Å². The molecule has 4 rings (SSSR count). The summed E-state index contributed by atoms with van der Waals surface area (Å²) in [4.78, 5) is 21.4. The summed E-state index contributed by atoms with van der Waals surface area (Å²) in [6.45, 7) is 5.24. The van der Waals surface area contributed by atoms with E-state index in [0.717, 1.165) is 31.7 Å². The number of nitrogens with one attached hydrogen (secondary N) is 1. The Hall–Kier alpha value is -2.34. The van der Waals surface area contributed by atoms with Crippen molar-refractivity contribution in [1.29, 1.82) is 0 Å². The second kappa shape index (κ2) is 7.27. The molecule has 0 bridgehead atoms. The number of benzene rings is 1. The van der Waals surface area contributed by atoms with Crippen molar-refractivity contribution in [3.8, 4) is 5.69 Å². The number of carbonyl (C=O) groups excluding carboxylic acids is 1. The highest BCUT2D eigenvalue weighted by molar-refractivity contribution is 5.88. The molecule has 2 fully saturated rings. The molecule has 132 valence electrons. The number of carbonyl (C=O) groups is 1. The Morgan fingerprint density at radius 3 is 2.76 bits per heavy atom. The van der Waals surface area contributed by atoms with Crippen molar-refractivity contribution in [2.75, 3.05) is 38.0 Å². The van der Waals surface area contributed by atoms with E-state index in [1.807, 2.05) is 46.0 Å². The van der Waals surface area contributed by atoms with Gasteiger partial charge in [-0.25, -0.2) is 9.78 Å². The molecule has 0 aliphatic carbocycles. The summed E-state index contributed by atoms with van der Waals surface area (Å²) in [5.41, 5.74) is 0.989. The summed E-state index contributed by atoms with van der Waals surface area (Å²) in [5, 5.41) is 2.97. The van der Waals surface area contributed by atoms with Crippen molar-refractivity contribution in [3.63, 3.8) is 0 Å². The van der Waals surface area contributed by atoms with Crippen LogP contribution in [0.25, 0.3) is 5.69 Å². The van der Waals surface area contributed by atoms with E-state index < -0.39 is 0 Å². The Bertz CT molecular complexity index is 708. The van der Waals surface area contributed by atoms with Crippen LogP contribution >= 0.6 is 0 Å². The first-order chi connectivity index (χ1) is 12.3. The van der Waals surface area contributed by atoms with Crippen LogP contribution < -0.4 is 5.32 Å². The van der Waals surface area contributed by atoms with Crippen molar-refractivity contribution in [2.24, 2.45) is 5.92 Å². The molecule has 25 heavy (non-hydrogen) atoms. The highest BCUT2D eigenvalue weighted by atomic mass is 16.2. The number of hydrogen-bond donors (Lipinski definition) is 1. The van der Waals surface area contributed by atoms with Crippen LogP contribution in [-0.4, -0.2) is 58.1 Å². The fraction of sp³-hybridized carbons (Fsp3) is 0.474. The van der Waals surface area contributed by atoms with Gasteiger partial charge in [0.25, 0.3) is 0 Å². The van der Waals surface area contributed by atoms with Gasteiger partial charge in [0, 0.05) is 37.7 Å². The van der Waals surface area contributed by atoms with Gasteiger partial charge in [0.2, 0.25) is 5.95 Å². The minimum absolute atomic E-state index is 0.0488. The molecular weight excluding hydrogens is 314 g/mol. The van der Waals surface area contributed by atoms with E-state index in [1.54, 1.807) is 6.20 Å². The van der Waals surface area contributed by atoms with Crippen molar-refractivity contribution < 1.29 is 4.79 Å². The smallest absolute Gasteiger partial charge is 0.324 e. The molecule has 2 aromatic rings. The topological polar surface area (TPSA) is 53.4 Å². The molecule has 0 spiro atoms. The van der Waals surface area contributed by atoms with E-state index in [1.165, 1.54) is 25.9 Å². The highest BCUT2D eigenvalue weighted by Crippen LogP contribution is 2.21. The van der Waals surface area contributed by atoms with Gasteiger partial charge >= 0.3 is 6.03 Å². The lowest BCUT2D eigenvalue weighted by atomic mass is 10.1. The molecule has 2 aliphatic rings. The minimum atomic E-state index is -0.0488. The molecule has 1 aromatic heterocycles. The lowest BCUT2D eigenvalue weighted by molar-refractivity contribution is 0.217. The molecule has 6 heteroatoms. The number of urea groups is 1. The van der Waals surface area contributed by atoms with Gasteiger partial charge in [0.05, 0.1) is 0 Å². The Morgan fingerprint density at radius 2 is 1.96 bits per heavy atom. The predicted molar refractivity (Wildman–Crippen MR) is 97.9 cm³/mol. The largest absolute Gasteiger partial charge is 0.324 e. The molecular formula is C19H25N5O. The molecule has 2 aliphatic heterocycles. The van der Waals surface area contributed by atoms with Crippen LogP contribution in [0.1, 0.15) is 19.3 Å². The second-order valence-corrected chi connectivity index (χ2v) is 6.99. The zero-order valence-electron chi connectivity index (χ0n) is 14.5. The van der Waals surface area contributed by atoms with E-state index in [9.17, 15) is 4.79 Å². The van der Waals surface area contributed by atoms with Crippen LogP contribution in [0, 0.1) is 5.92 Å². The van der Waals surface area contributed by atoms with Crippen LogP contribution in [0.3, 0.4) is 0 Å². The Morgan fingerprint density at radius 1 is 1.16 bits per heavy atom. The summed E-state index contributed by atoms with van der Waals surface area (Å²) >= 11 is 0. The number of nitrogens with zero attached hydrogens (tertiary/aromatic N) is 4. The number of para-hydroxylation sites is 1. The lowest BCUT2D eigenvalue weighted by Crippen LogP contribution is -2.35. The van der Waals surface area contributed by atoms with Gasteiger partial charge in [-0.3, -0.25) is 9.88 Å². The molecule has 0 unspecified atom stereocenters. The van der Waals surface area contributed by atoms with Crippen LogP contribution in [0.15, 0.2) is 42.7 Å². The standard InChI is InChI=1S/C19H25N5O/c25-19(23-12-8-16(15-23)14-22-10-4-5-11-22)21-18-20-9-13-24(18)17-6-2-1-3-7-17/h1-3,6-7,9,13,16H,4-5,8,10-12,14-15H2,(H,20,21,25)/t16-/m1/s1. The first-order valence-corrected chi connectivity index (χ1v) is 9.16. The van der Waals surface area contributed by atoms with Crippen LogP contribution in [0.5, 0.6) is 0 Å². The zero-order chi connectivity index (χ0) is 17.1. The number of rotatable bonds is 4. The van der Waals surface area contributed by atoms with E-state index in [0.29, 0.717) is 11.9 Å². The van der Waals surface area contributed by atoms with Crippen LogP contribution in [-0.2, 0) is 0 Å². The summed E-state index contributed by atoms with van der Waals surface area (Å²) in [6.07, 6.45) is 7.31. The van der Waals surface area contributed by atoms with Gasteiger partial charge in [-0.15, -0.1) is 0 Å². The number of likely N-dealkylation sites (tertiary alicyclic amines) is 2. The average Bonchev–Trinajstić information content (AvgIpc) is 3.38. The molecule has 0 radical (unpaired) electrons. The monoisotopic (exact) mass is 339 g/mol. The summed E-state index contributed by atoms with van der Waals surface area (Å²) in [5.74, 6) is 1.16. The highest BCUT2D eigenvalue weighted by Gasteiger charge is 2.28. The Labute approximate surface area is 148 Å². The summed E-state index contributed by atoms with van der Waals surface area (Å²) in [7, 11) is 0. The van der Waals surface area contributed by atoms with Gasteiger partial charge in [0.1, 0.15) is 0 Å². The fourth-order valence-electron chi connectivity index (χ4n) is 3.86. The third kappa shape index (κ3) is 3.69. The fourth-order valence-corrected chi connectivity index (χ4v) is 3.86. The molecule has 2 amide bonds. The van der Waals surface area contributed by atoms with Gasteiger partial charge in [-0.05, 0) is 50.4 Å². The summed E-state index contributed by atoms with van der Waals surface area (Å²) < 4.78 is 1.90. The Balaban J connectivity index is 1.36. The number of hydrogen-bond acceptors (Lipinski definition) is 3. The van der Waals surface area contributed by atoms with Gasteiger partial charge in [-0.1, -0.05) is 18.2 Å². The molecule has 2 saturated heterocycles. The normalized spacial score (nSPS) is 21.0. The maximum absolute atomic E-state index is 12.6. The third-order valence-electron chi connectivity index (χ3n) is 5.18. The quantitative estimate of drug-likeness (QED) is 0.932. The predicted octanol–water partition coefficient (Wildman–Crippen LogP) is 2.82. The summed E-state index contributed by atoms with van der Waals surface area (Å²) in [6, 6.07) is 9.88. The Kier molecular flexibility index (Phi) is 4.70. The molecule has 6 nitrogen and oxygen atoms in total. The van der Waals surface area contributed by atoms with Crippen molar-refractivity contribution in [3.05, 3.63) is 42.7 Å². The molecule has 1 N–H and O–H groups in total.